The number of carboxylic acid groups (broad SMARTS) is 1. The zero-order valence-electron chi connectivity index (χ0n) is 10.5. The van der Waals surface area contributed by atoms with Crippen molar-refractivity contribution < 1.29 is 24.2 Å². The number of rotatable bonds is 5. The first kappa shape index (κ1) is 14.7. The molecular weight excluding hydrogens is 250 g/mol. The van der Waals surface area contributed by atoms with E-state index < -0.39 is 23.9 Å². The van der Waals surface area contributed by atoms with Gasteiger partial charge in [-0.15, -0.1) is 0 Å². The molecule has 6 heteroatoms. The smallest absolute Gasteiger partial charge is 0.414 e. The van der Waals surface area contributed by atoms with Crippen LogP contribution in [-0.2, 0) is 20.9 Å². The van der Waals surface area contributed by atoms with E-state index in [0.29, 0.717) is 0 Å². The lowest BCUT2D eigenvalue weighted by Gasteiger charge is -2.07. The third-order valence-electron chi connectivity index (χ3n) is 2.37. The molecule has 102 valence electrons. The average molecular weight is 265 g/mol. The summed E-state index contributed by atoms with van der Waals surface area (Å²) in [6.45, 7) is 1.44. The summed E-state index contributed by atoms with van der Waals surface area (Å²) in [5.74, 6) is -2.61. The number of carboxylic acids is 1. The number of nitrogens with one attached hydrogen (secondary N) is 1. The lowest BCUT2D eigenvalue weighted by Crippen LogP contribution is -2.33. The predicted octanol–water partition coefficient (Wildman–Crippen LogP) is 1.55. The summed E-state index contributed by atoms with van der Waals surface area (Å²) < 4.78 is 4.82. The number of hydrogen-bond donors (Lipinski definition) is 2. The molecule has 0 aliphatic heterocycles. The molecule has 1 rings (SSSR count). The zero-order chi connectivity index (χ0) is 14.3. The van der Waals surface area contributed by atoms with E-state index in [1.807, 2.05) is 11.4 Å². The second-order valence-corrected chi connectivity index (χ2v) is 4.05. The van der Waals surface area contributed by atoms with E-state index in [1.54, 1.807) is 24.3 Å². The van der Waals surface area contributed by atoms with E-state index >= 15 is 0 Å². The topological polar surface area (TPSA) is 92.7 Å². The lowest BCUT2D eigenvalue weighted by molar-refractivity contribution is -0.143. The molecule has 1 aromatic rings. The van der Waals surface area contributed by atoms with Crippen LogP contribution in [0.5, 0.6) is 0 Å². The molecule has 6 nitrogen and oxygen atoms in total. The van der Waals surface area contributed by atoms with Gasteiger partial charge in [0.1, 0.15) is 6.61 Å². The summed E-state index contributed by atoms with van der Waals surface area (Å²) in [7, 11) is 0. The van der Waals surface area contributed by atoms with Crippen LogP contribution in [0.15, 0.2) is 30.3 Å². The second kappa shape index (κ2) is 7.15. The van der Waals surface area contributed by atoms with Gasteiger partial charge in [0.2, 0.25) is 5.91 Å². The Bertz CT molecular complexity index is 457. The van der Waals surface area contributed by atoms with Gasteiger partial charge in [0, 0.05) is 6.42 Å². The fourth-order valence-electron chi connectivity index (χ4n) is 1.29. The molecule has 0 saturated heterocycles. The van der Waals surface area contributed by atoms with Crippen LogP contribution in [0.1, 0.15) is 18.9 Å². The summed E-state index contributed by atoms with van der Waals surface area (Å²) in [6.07, 6.45) is -1.15. The summed E-state index contributed by atoms with van der Waals surface area (Å²) in [5, 5.41) is 10.6. The number of alkyl carbamates (subject to hydrolysis) is 1. The van der Waals surface area contributed by atoms with Crippen molar-refractivity contribution in [2.75, 3.05) is 0 Å². The molecule has 1 aromatic carbocycles. The number of carbonyl (C=O) groups excluding carboxylic acids is 2. The number of imide groups is 1. The molecule has 0 spiro atoms. The van der Waals surface area contributed by atoms with Gasteiger partial charge in [0.05, 0.1) is 5.92 Å². The van der Waals surface area contributed by atoms with E-state index in [-0.39, 0.29) is 13.0 Å². The van der Waals surface area contributed by atoms with Crippen LogP contribution in [0.3, 0.4) is 0 Å². The maximum Gasteiger partial charge on any atom is 0.414 e. The first-order chi connectivity index (χ1) is 8.99. The van der Waals surface area contributed by atoms with E-state index in [4.69, 9.17) is 9.84 Å². The molecular formula is C13H15NO5. The van der Waals surface area contributed by atoms with Crippen molar-refractivity contribution in [2.45, 2.75) is 20.0 Å². The monoisotopic (exact) mass is 265 g/mol. The SMILES string of the molecule is CC(CC(=O)NC(=O)OCc1ccccc1)C(=O)O. The van der Waals surface area contributed by atoms with Crippen molar-refractivity contribution in [1.29, 1.82) is 0 Å². The predicted molar refractivity (Wildman–Crippen MR) is 66.2 cm³/mol. The molecule has 0 fully saturated rings. The summed E-state index contributed by atoms with van der Waals surface area (Å²) in [6, 6.07) is 9.00. The van der Waals surface area contributed by atoms with Crippen LogP contribution in [0, 0.1) is 5.92 Å². The molecule has 0 heterocycles. The zero-order valence-corrected chi connectivity index (χ0v) is 10.5. The Morgan fingerprint density at radius 3 is 2.47 bits per heavy atom. The summed E-state index contributed by atoms with van der Waals surface area (Å²) in [4.78, 5) is 33.1. The van der Waals surface area contributed by atoms with Crippen LogP contribution in [0.4, 0.5) is 4.79 Å². The molecule has 0 aliphatic rings. The van der Waals surface area contributed by atoms with Crippen molar-refractivity contribution >= 4 is 18.0 Å². The molecule has 0 aromatic heterocycles. The summed E-state index contributed by atoms with van der Waals surface area (Å²) in [5.41, 5.74) is 0.795. The highest BCUT2D eigenvalue weighted by atomic mass is 16.5. The van der Waals surface area contributed by atoms with Gasteiger partial charge in [-0.05, 0) is 5.56 Å². The molecule has 1 unspecified atom stereocenters. The highest BCUT2D eigenvalue weighted by Gasteiger charge is 2.17. The molecule has 0 aliphatic carbocycles. The van der Waals surface area contributed by atoms with E-state index in [0.717, 1.165) is 5.56 Å². The Labute approximate surface area is 110 Å². The number of amides is 2. The number of benzene rings is 1. The Hall–Kier alpha value is -2.37. The van der Waals surface area contributed by atoms with Gasteiger partial charge in [0.25, 0.3) is 0 Å². The Kier molecular flexibility index (Phi) is 5.53. The fourth-order valence-corrected chi connectivity index (χ4v) is 1.29. The van der Waals surface area contributed by atoms with Crippen molar-refractivity contribution in [3.63, 3.8) is 0 Å². The van der Waals surface area contributed by atoms with Crippen molar-refractivity contribution in [2.24, 2.45) is 5.92 Å². The van der Waals surface area contributed by atoms with Crippen molar-refractivity contribution in [1.82, 2.24) is 5.32 Å². The third kappa shape index (κ3) is 5.67. The van der Waals surface area contributed by atoms with Crippen LogP contribution < -0.4 is 5.32 Å². The molecule has 2 amide bonds. The van der Waals surface area contributed by atoms with Gasteiger partial charge < -0.3 is 9.84 Å². The standard InChI is InChI=1S/C13H15NO5/c1-9(12(16)17)7-11(15)14-13(18)19-8-10-5-3-2-4-6-10/h2-6,9H,7-8H2,1H3,(H,16,17)(H,14,15,18). The number of ether oxygens (including phenoxy) is 1. The normalized spacial score (nSPS) is 11.4. The summed E-state index contributed by atoms with van der Waals surface area (Å²) >= 11 is 0. The van der Waals surface area contributed by atoms with E-state index in [9.17, 15) is 14.4 Å². The van der Waals surface area contributed by atoms with Crippen LogP contribution in [-0.4, -0.2) is 23.1 Å². The van der Waals surface area contributed by atoms with Gasteiger partial charge in [-0.25, -0.2) is 4.79 Å². The van der Waals surface area contributed by atoms with Gasteiger partial charge >= 0.3 is 12.1 Å². The van der Waals surface area contributed by atoms with Crippen LogP contribution >= 0.6 is 0 Å². The number of aliphatic carboxylic acids is 1. The van der Waals surface area contributed by atoms with Gasteiger partial charge in [-0.1, -0.05) is 37.3 Å². The molecule has 19 heavy (non-hydrogen) atoms. The quantitative estimate of drug-likeness (QED) is 0.842. The minimum absolute atomic E-state index is 0.0500. The molecule has 0 saturated carbocycles. The van der Waals surface area contributed by atoms with Gasteiger partial charge in [-0.3, -0.25) is 14.9 Å². The van der Waals surface area contributed by atoms with E-state index in [1.165, 1.54) is 6.92 Å². The maximum atomic E-state index is 11.3. The maximum absolute atomic E-state index is 11.3. The number of hydrogen-bond acceptors (Lipinski definition) is 4. The van der Waals surface area contributed by atoms with Crippen LogP contribution in [0.25, 0.3) is 0 Å². The fraction of sp³-hybridized carbons (Fsp3) is 0.308. The van der Waals surface area contributed by atoms with E-state index in [2.05, 4.69) is 0 Å². The van der Waals surface area contributed by atoms with Crippen molar-refractivity contribution in [3.05, 3.63) is 35.9 Å². The average Bonchev–Trinajstić information content (AvgIpc) is 2.37. The molecule has 2 N–H and O–H groups in total. The first-order valence-corrected chi connectivity index (χ1v) is 5.72. The molecule has 0 bridgehead atoms. The third-order valence-corrected chi connectivity index (χ3v) is 2.37. The lowest BCUT2D eigenvalue weighted by atomic mass is 10.1. The minimum Gasteiger partial charge on any atom is -0.481 e. The Balaban J connectivity index is 2.31. The second-order valence-electron chi connectivity index (χ2n) is 4.05. The van der Waals surface area contributed by atoms with Gasteiger partial charge in [-0.2, -0.15) is 0 Å². The minimum atomic E-state index is -1.09. The molecule has 0 radical (unpaired) electrons. The van der Waals surface area contributed by atoms with Crippen molar-refractivity contribution in [3.8, 4) is 0 Å². The van der Waals surface area contributed by atoms with Crippen LogP contribution in [0.2, 0.25) is 0 Å². The number of carbonyl (C=O) groups is 3. The molecule has 1 atom stereocenters. The largest absolute Gasteiger partial charge is 0.481 e. The highest BCUT2D eigenvalue weighted by molar-refractivity contribution is 5.93. The Morgan fingerprint density at radius 2 is 1.89 bits per heavy atom. The Morgan fingerprint density at radius 1 is 1.26 bits per heavy atom. The highest BCUT2D eigenvalue weighted by Crippen LogP contribution is 2.02. The van der Waals surface area contributed by atoms with Gasteiger partial charge in [0.15, 0.2) is 0 Å². The first-order valence-electron chi connectivity index (χ1n) is 5.72.